The third-order valence-corrected chi connectivity index (χ3v) is 6.92. The molecule has 1 fully saturated rings. The second kappa shape index (κ2) is 8.42. The fraction of sp³-hybridized carbons (Fsp3) is 0.261. The highest BCUT2D eigenvalue weighted by Crippen LogP contribution is 2.30. The molecule has 0 N–H and O–H groups in total. The Bertz CT molecular complexity index is 1240. The number of benzene rings is 1. The average Bonchev–Trinajstić information content (AvgIpc) is 3.40. The van der Waals surface area contributed by atoms with Crippen molar-refractivity contribution in [1.82, 2.24) is 19.9 Å². The van der Waals surface area contributed by atoms with E-state index >= 15 is 0 Å². The number of nitrogens with zero attached hydrogens (tertiary/aromatic N) is 4. The van der Waals surface area contributed by atoms with E-state index in [-0.39, 0.29) is 5.91 Å². The Balaban J connectivity index is 1.20. The molecule has 31 heavy (non-hydrogen) atoms. The maximum Gasteiger partial charge on any atom is 0.257 e. The van der Waals surface area contributed by atoms with E-state index in [2.05, 4.69) is 33.2 Å². The number of hydrogen-bond acceptors (Lipinski definition) is 6. The lowest BCUT2D eigenvalue weighted by Crippen LogP contribution is -2.48. The number of hydrogen-bond donors (Lipinski definition) is 0. The first kappa shape index (κ1) is 20.2. The molecule has 0 radical (unpaired) electrons. The van der Waals surface area contributed by atoms with Crippen LogP contribution in [0.25, 0.3) is 21.5 Å². The normalized spacial score (nSPS) is 15.0. The zero-order chi connectivity index (χ0) is 21.4. The van der Waals surface area contributed by atoms with Crippen molar-refractivity contribution in [2.45, 2.75) is 13.5 Å². The van der Waals surface area contributed by atoms with E-state index in [1.807, 2.05) is 36.1 Å². The van der Waals surface area contributed by atoms with Crippen molar-refractivity contribution in [3.8, 4) is 10.4 Å². The molecule has 0 spiro atoms. The van der Waals surface area contributed by atoms with Gasteiger partial charge in [-0.15, -0.1) is 11.3 Å². The first-order valence-corrected chi connectivity index (χ1v) is 11.3. The molecule has 1 aromatic carbocycles. The molecule has 1 aliphatic heterocycles. The maximum atomic E-state index is 12.9. The summed E-state index contributed by atoms with van der Waals surface area (Å²) in [6.07, 6.45) is 1.57. The second-order valence-corrected chi connectivity index (χ2v) is 9.29. The van der Waals surface area contributed by atoms with Gasteiger partial charge >= 0.3 is 0 Å². The smallest absolute Gasteiger partial charge is 0.257 e. The fourth-order valence-electron chi connectivity index (χ4n) is 3.83. The minimum atomic E-state index is 0.00835. The van der Waals surface area contributed by atoms with Gasteiger partial charge in [-0.3, -0.25) is 9.69 Å². The van der Waals surface area contributed by atoms with Crippen LogP contribution in [-0.2, 0) is 6.54 Å². The Morgan fingerprint density at radius 2 is 2.00 bits per heavy atom. The molecule has 158 valence electrons. The monoisotopic (exact) mass is 452 g/mol. The van der Waals surface area contributed by atoms with Crippen LogP contribution in [0, 0.1) is 6.92 Å². The summed E-state index contributed by atoms with van der Waals surface area (Å²) < 4.78 is 5.14. The minimum absolute atomic E-state index is 0.00835. The summed E-state index contributed by atoms with van der Waals surface area (Å²) in [6, 6.07) is 14.1. The summed E-state index contributed by atoms with van der Waals surface area (Å²) in [5.41, 5.74) is 2.94. The van der Waals surface area contributed by atoms with Crippen molar-refractivity contribution in [1.29, 1.82) is 0 Å². The number of aromatic nitrogens is 2. The molecule has 3 aromatic heterocycles. The Kier molecular flexibility index (Phi) is 5.48. The van der Waals surface area contributed by atoms with Gasteiger partial charge < -0.3 is 9.42 Å². The Morgan fingerprint density at radius 1 is 1.16 bits per heavy atom. The van der Waals surface area contributed by atoms with Crippen LogP contribution < -0.4 is 0 Å². The predicted octanol–water partition coefficient (Wildman–Crippen LogP) is 4.87. The van der Waals surface area contributed by atoms with Gasteiger partial charge in [-0.2, -0.15) is 0 Å². The van der Waals surface area contributed by atoms with Crippen LogP contribution in [-0.4, -0.2) is 52.0 Å². The zero-order valence-corrected chi connectivity index (χ0v) is 18.6. The molecule has 0 saturated carbocycles. The Labute approximate surface area is 189 Å². The van der Waals surface area contributed by atoms with E-state index in [0.717, 1.165) is 41.3 Å². The standard InChI is InChI=1S/C23H21ClN4O2S/c1-15-20-12-17(13-25-22(20)30-26-15)23(29)28-9-7-27(8-10-28)14-19-5-6-21(31-19)16-3-2-4-18(24)11-16/h2-6,11-13H,7-10,14H2,1H3. The first-order valence-electron chi connectivity index (χ1n) is 10.1. The van der Waals surface area contributed by atoms with E-state index in [0.29, 0.717) is 24.4 Å². The van der Waals surface area contributed by atoms with Gasteiger partial charge in [0.2, 0.25) is 0 Å². The molecular formula is C23H21ClN4O2S. The average molecular weight is 453 g/mol. The van der Waals surface area contributed by atoms with E-state index in [9.17, 15) is 4.79 Å². The Hall–Kier alpha value is -2.74. The summed E-state index contributed by atoms with van der Waals surface area (Å²) in [5.74, 6) is 0.00835. The number of thiophene rings is 1. The molecule has 0 bridgehead atoms. The van der Waals surface area contributed by atoms with Crippen LogP contribution in [0.15, 0.2) is 53.2 Å². The second-order valence-electron chi connectivity index (χ2n) is 7.69. The Morgan fingerprint density at radius 3 is 2.81 bits per heavy atom. The summed E-state index contributed by atoms with van der Waals surface area (Å²) in [4.78, 5) is 24.0. The SMILES string of the molecule is Cc1noc2ncc(C(=O)N3CCN(Cc4ccc(-c5cccc(Cl)c5)s4)CC3)cc12. The van der Waals surface area contributed by atoms with Crippen molar-refractivity contribution >= 4 is 39.9 Å². The highest BCUT2D eigenvalue weighted by molar-refractivity contribution is 7.15. The van der Waals surface area contributed by atoms with Crippen LogP contribution in [0.5, 0.6) is 0 Å². The van der Waals surface area contributed by atoms with Crippen molar-refractivity contribution < 1.29 is 9.32 Å². The number of rotatable bonds is 4. The molecule has 1 saturated heterocycles. The molecule has 8 heteroatoms. The molecular weight excluding hydrogens is 432 g/mol. The number of carbonyl (C=O) groups excluding carboxylic acids is 1. The van der Waals surface area contributed by atoms with Gasteiger partial charge in [0.1, 0.15) is 0 Å². The highest BCUT2D eigenvalue weighted by atomic mass is 35.5. The number of amides is 1. The molecule has 4 aromatic rings. The maximum absolute atomic E-state index is 12.9. The van der Waals surface area contributed by atoms with E-state index < -0.39 is 0 Å². The number of carbonyl (C=O) groups is 1. The quantitative estimate of drug-likeness (QED) is 0.442. The molecule has 1 aliphatic rings. The number of fused-ring (bicyclic) bond motifs is 1. The third-order valence-electron chi connectivity index (χ3n) is 5.57. The van der Waals surface area contributed by atoms with E-state index in [1.165, 1.54) is 9.75 Å². The number of halogens is 1. The van der Waals surface area contributed by atoms with Gasteiger partial charge in [0.05, 0.1) is 16.6 Å². The summed E-state index contributed by atoms with van der Waals surface area (Å²) in [7, 11) is 0. The third kappa shape index (κ3) is 4.21. The number of piperazine rings is 1. The fourth-order valence-corrected chi connectivity index (χ4v) is 5.07. The minimum Gasteiger partial charge on any atom is -0.336 e. The van der Waals surface area contributed by atoms with Crippen LogP contribution in [0.4, 0.5) is 0 Å². The van der Waals surface area contributed by atoms with Gasteiger partial charge in [0.15, 0.2) is 0 Å². The zero-order valence-electron chi connectivity index (χ0n) is 17.0. The largest absolute Gasteiger partial charge is 0.336 e. The summed E-state index contributed by atoms with van der Waals surface area (Å²) in [6.45, 7) is 5.83. The molecule has 5 rings (SSSR count). The molecule has 6 nitrogen and oxygen atoms in total. The van der Waals surface area contributed by atoms with Crippen LogP contribution in [0.2, 0.25) is 5.02 Å². The first-order chi connectivity index (χ1) is 15.1. The van der Waals surface area contributed by atoms with Crippen LogP contribution in [0.1, 0.15) is 20.9 Å². The van der Waals surface area contributed by atoms with Gasteiger partial charge in [-0.25, -0.2) is 4.98 Å². The molecule has 0 unspecified atom stereocenters. The molecule has 0 atom stereocenters. The van der Waals surface area contributed by atoms with Crippen LogP contribution in [0.3, 0.4) is 0 Å². The van der Waals surface area contributed by atoms with Crippen molar-refractivity contribution in [3.63, 3.8) is 0 Å². The van der Waals surface area contributed by atoms with E-state index in [1.54, 1.807) is 17.5 Å². The molecule has 4 heterocycles. The lowest BCUT2D eigenvalue weighted by Gasteiger charge is -2.34. The lowest BCUT2D eigenvalue weighted by atomic mass is 10.1. The van der Waals surface area contributed by atoms with Gasteiger partial charge in [-0.05, 0) is 42.8 Å². The predicted molar refractivity (Wildman–Crippen MR) is 122 cm³/mol. The van der Waals surface area contributed by atoms with Crippen molar-refractivity contribution in [2.24, 2.45) is 0 Å². The molecule has 1 amide bonds. The molecule has 0 aliphatic carbocycles. The summed E-state index contributed by atoms with van der Waals surface area (Å²) >= 11 is 7.92. The van der Waals surface area contributed by atoms with Crippen LogP contribution >= 0.6 is 22.9 Å². The topological polar surface area (TPSA) is 62.5 Å². The van der Waals surface area contributed by atoms with Gasteiger partial charge in [-0.1, -0.05) is 28.9 Å². The lowest BCUT2D eigenvalue weighted by molar-refractivity contribution is 0.0629. The van der Waals surface area contributed by atoms with Crippen molar-refractivity contribution in [2.75, 3.05) is 26.2 Å². The van der Waals surface area contributed by atoms with Gasteiger partial charge in [0, 0.05) is 53.7 Å². The number of pyridine rings is 1. The summed E-state index contributed by atoms with van der Waals surface area (Å²) in [5, 5.41) is 5.45. The number of aryl methyl sites for hydroxylation is 1. The van der Waals surface area contributed by atoms with Gasteiger partial charge in [0.25, 0.3) is 11.6 Å². The highest BCUT2D eigenvalue weighted by Gasteiger charge is 2.23. The van der Waals surface area contributed by atoms with Crippen molar-refractivity contribution in [3.05, 3.63) is 69.8 Å². The van der Waals surface area contributed by atoms with E-state index in [4.69, 9.17) is 16.1 Å².